The van der Waals surface area contributed by atoms with Gasteiger partial charge in [-0.2, -0.15) is 0 Å². The zero-order valence-electron chi connectivity index (χ0n) is 13.7. The van der Waals surface area contributed by atoms with Crippen LogP contribution in [0.25, 0.3) is 0 Å². The molecule has 1 unspecified atom stereocenters. The van der Waals surface area contributed by atoms with Gasteiger partial charge in [0.2, 0.25) is 0 Å². The molecule has 0 amide bonds. The third kappa shape index (κ3) is 4.60. The van der Waals surface area contributed by atoms with E-state index in [1.807, 2.05) is 6.26 Å². The SMILES string of the molecule is CCc1cc(C)cc(CC)c1C/C=C\OC1CCCCO1. The van der Waals surface area contributed by atoms with Crippen LogP contribution in [0, 0.1) is 6.92 Å². The van der Waals surface area contributed by atoms with Gasteiger partial charge >= 0.3 is 0 Å². The van der Waals surface area contributed by atoms with E-state index in [1.165, 1.54) is 28.7 Å². The van der Waals surface area contributed by atoms with Crippen molar-refractivity contribution < 1.29 is 9.47 Å². The van der Waals surface area contributed by atoms with Crippen LogP contribution in [-0.2, 0) is 28.7 Å². The number of allylic oxidation sites excluding steroid dienone is 1. The monoisotopic (exact) mass is 288 g/mol. The van der Waals surface area contributed by atoms with E-state index in [-0.39, 0.29) is 6.29 Å². The Labute approximate surface area is 129 Å². The van der Waals surface area contributed by atoms with E-state index in [4.69, 9.17) is 9.47 Å². The topological polar surface area (TPSA) is 18.5 Å². The summed E-state index contributed by atoms with van der Waals surface area (Å²) >= 11 is 0. The summed E-state index contributed by atoms with van der Waals surface area (Å²) in [6.07, 6.45) is 10.4. The van der Waals surface area contributed by atoms with E-state index in [1.54, 1.807) is 0 Å². The first-order chi connectivity index (χ1) is 10.2. The van der Waals surface area contributed by atoms with Crippen LogP contribution < -0.4 is 0 Å². The molecule has 2 heteroatoms. The standard InChI is InChI=1S/C19H28O2/c1-4-16-13-15(3)14-17(5-2)18(16)9-8-12-21-19-10-6-7-11-20-19/h8,12-14,19H,4-7,9-11H2,1-3H3/b12-8-. The average molecular weight is 288 g/mol. The van der Waals surface area contributed by atoms with Gasteiger partial charge < -0.3 is 9.47 Å². The second kappa shape index (κ2) is 8.23. The highest BCUT2D eigenvalue weighted by Gasteiger charge is 2.12. The van der Waals surface area contributed by atoms with Gasteiger partial charge in [-0.15, -0.1) is 0 Å². The molecule has 0 spiro atoms. The van der Waals surface area contributed by atoms with Crippen molar-refractivity contribution >= 4 is 0 Å². The molecular formula is C19H28O2. The summed E-state index contributed by atoms with van der Waals surface area (Å²) in [6, 6.07) is 4.63. The second-order valence-electron chi connectivity index (χ2n) is 5.78. The Morgan fingerprint density at radius 3 is 2.48 bits per heavy atom. The number of benzene rings is 1. The van der Waals surface area contributed by atoms with Crippen LogP contribution >= 0.6 is 0 Å². The molecule has 1 atom stereocenters. The maximum Gasteiger partial charge on any atom is 0.198 e. The predicted octanol–water partition coefficient (Wildman–Crippen LogP) is 4.72. The molecule has 1 aromatic rings. The zero-order valence-corrected chi connectivity index (χ0v) is 13.7. The molecule has 0 aliphatic carbocycles. The van der Waals surface area contributed by atoms with E-state index < -0.39 is 0 Å². The normalized spacial score (nSPS) is 19.1. The fraction of sp³-hybridized carbons (Fsp3) is 0.579. The molecule has 0 aromatic heterocycles. The van der Waals surface area contributed by atoms with Gasteiger partial charge in [-0.05, 0) is 61.8 Å². The average Bonchev–Trinajstić information content (AvgIpc) is 2.52. The molecule has 0 radical (unpaired) electrons. The lowest BCUT2D eigenvalue weighted by molar-refractivity contribution is -0.129. The summed E-state index contributed by atoms with van der Waals surface area (Å²) in [4.78, 5) is 0. The van der Waals surface area contributed by atoms with Crippen molar-refractivity contribution in [2.45, 2.75) is 65.6 Å². The summed E-state index contributed by atoms with van der Waals surface area (Å²) < 4.78 is 11.2. The van der Waals surface area contributed by atoms with Gasteiger partial charge in [0.15, 0.2) is 6.29 Å². The first kappa shape index (κ1) is 16.1. The number of rotatable bonds is 6. The molecule has 2 nitrogen and oxygen atoms in total. The number of aryl methyl sites for hydroxylation is 3. The Morgan fingerprint density at radius 1 is 1.19 bits per heavy atom. The molecule has 1 fully saturated rings. The highest BCUT2D eigenvalue weighted by molar-refractivity contribution is 5.40. The first-order valence-corrected chi connectivity index (χ1v) is 8.28. The summed E-state index contributed by atoms with van der Waals surface area (Å²) in [6.45, 7) is 7.47. The lowest BCUT2D eigenvalue weighted by atomic mass is 9.93. The van der Waals surface area contributed by atoms with Crippen molar-refractivity contribution in [3.8, 4) is 0 Å². The van der Waals surface area contributed by atoms with Crippen molar-refractivity contribution in [2.75, 3.05) is 6.61 Å². The van der Waals surface area contributed by atoms with E-state index in [2.05, 4.69) is 39.0 Å². The number of hydrogen-bond acceptors (Lipinski definition) is 2. The molecular weight excluding hydrogens is 260 g/mol. The Morgan fingerprint density at radius 2 is 1.90 bits per heavy atom. The summed E-state index contributed by atoms with van der Waals surface area (Å²) in [5, 5.41) is 0. The maximum atomic E-state index is 5.67. The molecule has 0 bridgehead atoms. The van der Waals surface area contributed by atoms with E-state index >= 15 is 0 Å². The van der Waals surface area contributed by atoms with Gasteiger partial charge in [0.1, 0.15) is 0 Å². The fourth-order valence-corrected chi connectivity index (χ4v) is 2.99. The van der Waals surface area contributed by atoms with Crippen LogP contribution in [0.15, 0.2) is 24.5 Å². The predicted molar refractivity (Wildman–Crippen MR) is 87.5 cm³/mol. The number of hydrogen-bond donors (Lipinski definition) is 0. The highest BCUT2D eigenvalue weighted by atomic mass is 16.7. The quantitative estimate of drug-likeness (QED) is 0.705. The van der Waals surface area contributed by atoms with Crippen LogP contribution in [0.1, 0.15) is 55.4 Å². The van der Waals surface area contributed by atoms with Crippen LogP contribution in [0.5, 0.6) is 0 Å². The minimum Gasteiger partial charge on any atom is -0.473 e. The first-order valence-electron chi connectivity index (χ1n) is 8.28. The smallest absolute Gasteiger partial charge is 0.198 e. The molecule has 1 aliphatic heterocycles. The molecule has 2 rings (SSSR count). The lowest BCUT2D eigenvalue weighted by Gasteiger charge is -2.21. The van der Waals surface area contributed by atoms with Crippen LogP contribution in [0.3, 0.4) is 0 Å². The molecule has 0 saturated carbocycles. The number of ether oxygens (including phenoxy) is 2. The van der Waals surface area contributed by atoms with Gasteiger partial charge in [0.25, 0.3) is 0 Å². The molecule has 1 saturated heterocycles. The van der Waals surface area contributed by atoms with Crippen LogP contribution in [0.4, 0.5) is 0 Å². The molecule has 21 heavy (non-hydrogen) atoms. The molecule has 0 N–H and O–H groups in total. The molecule has 1 heterocycles. The highest BCUT2D eigenvalue weighted by Crippen LogP contribution is 2.20. The largest absolute Gasteiger partial charge is 0.473 e. The second-order valence-corrected chi connectivity index (χ2v) is 5.78. The van der Waals surface area contributed by atoms with Crippen molar-refractivity contribution in [1.82, 2.24) is 0 Å². The van der Waals surface area contributed by atoms with Crippen LogP contribution in [-0.4, -0.2) is 12.9 Å². The van der Waals surface area contributed by atoms with E-state index in [9.17, 15) is 0 Å². The Kier molecular flexibility index (Phi) is 6.31. The molecule has 1 aromatic carbocycles. The van der Waals surface area contributed by atoms with Gasteiger partial charge in [-0.3, -0.25) is 0 Å². The Balaban J connectivity index is 1.98. The summed E-state index contributed by atoms with van der Waals surface area (Å²) in [5.74, 6) is 0. The summed E-state index contributed by atoms with van der Waals surface area (Å²) in [5.41, 5.74) is 5.76. The minimum absolute atomic E-state index is 0.0377. The molecule has 1 aliphatic rings. The summed E-state index contributed by atoms with van der Waals surface area (Å²) in [7, 11) is 0. The van der Waals surface area contributed by atoms with Gasteiger partial charge in [-0.1, -0.05) is 31.5 Å². The van der Waals surface area contributed by atoms with Gasteiger partial charge in [0, 0.05) is 6.42 Å². The van der Waals surface area contributed by atoms with Crippen molar-refractivity contribution in [1.29, 1.82) is 0 Å². The Hall–Kier alpha value is -1.28. The maximum absolute atomic E-state index is 5.67. The molecule has 116 valence electrons. The fourth-order valence-electron chi connectivity index (χ4n) is 2.99. The van der Waals surface area contributed by atoms with Crippen molar-refractivity contribution in [3.63, 3.8) is 0 Å². The Bertz CT molecular complexity index is 445. The van der Waals surface area contributed by atoms with Crippen molar-refractivity contribution in [3.05, 3.63) is 46.7 Å². The zero-order chi connectivity index (χ0) is 15.1. The van der Waals surface area contributed by atoms with Crippen LogP contribution in [0.2, 0.25) is 0 Å². The third-order valence-corrected chi connectivity index (χ3v) is 4.13. The van der Waals surface area contributed by atoms with Gasteiger partial charge in [0.05, 0.1) is 12.9 Å². The van der Waals surface area contributed by atoms with E-state index in [0.29, 0.717) is 0 Å². The van der Waals surface area contributed by atoms with Gasteiger partial charge in [-0.25, -0.2) is 0 Å². The van der Waals surface area contributed by atoms with E-state index in [0.717, 1.165) is 38.7 Å². The minimum atomic E-state index is -0.0377. The lowest BCUT2D eigenvalue weighted by Crippen LogP contribution is -2.20. The third-order valence-electron chi connectivity index (χ3n) is 4.13. The van der Waals surface area contributed by atoms with Crippen molar-refractivity contribution in [2.24, 2.45) is 0 Å².